The molecule has 5 nitrogen and oxygen atoms in total. The van der Waals surface area contributed by atoms with Gasteiger partial charge in [-0.2, -0.15) is 5.26 Å². The zero-order chi connectivity index (χ0) is 17.4. The van der Waals surface area contributed by atoms with Gasteiger partial charge in [0.2, 0.25) is 0 Å². The first-order valence-electron chi connectivity index (χ1n) is 8.37. The van der Waals surface area contributed by atoms with Crippen LogP contribution in [0.15, 0.2) is 42.6 Å². The van der Waals surface area contributed by atoms with Crippen LogP contribution in [0.3, 0.4) is 0 Å². The van der Waals surface area contributed by atoms with Crippen LogP contribution in [0.1, 0.15) is 29.6 Å². The monoisotopic (exact) mass is 352 g/mol. The van der Waals surface area contributed by atoms with Crippen molar-refractivity contribution in [3.8, 4) is 17.5 Å². The second-order valence-electron chi connectivity index (χ2n) is 6.53. The number of aromatic nitrogens is 1. The van der Waals surface area contributed by atoms with Gasteiger partial charge in [-0.15, -0.1) is 0 Å². The molecule has 2 fully saturated rings. The fraction of sp³-hybridized carbons (Fsp3) is 0.316. The summed E-state index contributed by atoms with van der Waals surface area (Å²) in [6, 6.07) is 11.3. The van der Waals surface area contributed by atoms with Gasteiger partial charge in [0.05, 0.1) is 22.8 Å². The van der Waals surface area contributed by atoms with Gasteiger partial charge >= 0.3 is 0 Å². The molecule has 1 N–H and O–H groups in total. The number of hydrogen-bond donors (Lipinski definition) is 1. The van der Waals surface area contributed by atoms with Crippen molar-refractivity contribution in [2.24, 2.45) is 0 Å². The zero-order valence-corrected chi connectivity index (χ0v) is 14.3. The number of rotatable bonds is 3. The lowest BCUT2D eigenvalue weighted by atomic mass is 9.95. The predicted octanol–water partition coefficient (Wildman–Crippen LogP) is 3.22. The number of carbonyl (C=O) groups excluding carboxylic acids is 1. The molecule has 126 valence electrons. The number of nitrogens with one attached hydrogen (secondary N) is 1. The topological polar surface area (TPSA) is 69.0 Å². The second-order valence-corrected chi connectivity index (χ2v) is 6.94. The van der Waals surface area contributed by atoms with E-state index in [4.69, 9.17) is 11.6 Å². The third-order valence-corrected chi connectivity index (χ3v) is 5.45. The average Bonchev–Trinajstić information content (AvgIpc) is 3.19. The van der Waals surface area contributed by atoms with E-state index in [0.29, 0.717) is 16.3 Å². The number of fused-ring (bicyclic) bond motifs is 2. The van der Waals surface area contributed by atoms with E-state index < -0.39 is 0 Å². The molecule has 3 heterocycles. The second kappa shape index (κ2) is 6.38. The van der Waals surface area contributed by atoms with E-state index in [-0.39, 0.29) is 24.0 Å². The number of halogens is 1. The van der Waals surface area contributed by atoms with E-state index >= 15 is 0 Å². The van der Waals surface area contributed by atoms with E-state index in [1.54, 1.807) is 30.5 Å². The number of nitriles is 1. The highest BCUT2D eigenvalue weighted by Crippen LogP contribution is 2.37. The molecule has 1 aromatic carbocycles. The molecule has 2 saturated heterocycles. The van der Waals surface area contributed by atoms with Crippen LogP contribution in [0.4, 0.5) is 0 Å². The summed E-state index contributed by atoms with van der Waals surface area (Å²) in [4.78, 5) is 18.7. The maximum Gasteiger partial charge on any atom is 0.251 e. The van der Waals surface area contributed by atoms with Crippen LogP contribution in [0.2, 0.25) is 5.02 Å². The summed E-state index contributed by atoms with van der Waals surface area (Å²) in [5, 5.41) is 12.9. The number of amides is 1. The van der Waals surface area contributed by atoms with Crippen molar-refractivity contribution >= 4 is 17.5 Å². The maximum atomic E-state index is 12.5. The summed E-state index contributed by atoms with van der Waals surface area (Å²) in [5.41, 5.74) is 2.17. The van der Waals surface area contributed by atoms with Gasteiger partial charge in [-0.1, -0.05) is 23.7 Å². The lowest BCUT2D eigenvalue weighted by molar-refractivity contribution is 0.0928. The molecule has 2 aliphatic heterocycles. The van der Waals surface area contributed by atoms with Crippen LogP contribution < -0.4 is 5.32 Å². The molecular formula is C19H17ClN4O. The van der Waals surface area contributed by atoms with Gasteiger partial charge in [0.25, 0.3) is 5.91 Å². The molecule has 4 rings (SSSR count). The van der Waals surface area contributed by atoms with Gasteiger partial charge in [-0.25, -0.2) is 0 Å². The predicted molar refractivity (Wildman–Crippen MR) is 94.8 cm³/mol. The molecule has 0 unspecified atom stereocenters. The van der Waals surface area contributed by atoms with Gasteiger partial charge in [0.15, 0.2) is 6.19 Å². The molecule has 25 heavy (non-hydrogen) atoms. The molecule has 3 atom stereocenters. The normalized spacial score (nSPS) is 24.2. The highest BCUT2D eigenvalue weighted by Gasteiger charge is 2.46. The molecule has 2 aromatic rings. The van der Waals surface area contributed by atoms with E-state index in [2.05, 4.69) is 16.5 Å². The first-order valence-corrected chi connectivity index (χ1v) is 8.75. The number of hydrogen-bond acceptors (Lipinski definition) is 4. The Morgan fingerprint density at radius 1 is 1.28 bits per heavy atom. The van der Waals surface area contributed by atoms with Gasteiger partial charge in [-0.3, -0.25) is 9.78 Å². The summed E-state index contributed by atoms with van der Waals surface area (Å²) in [6.07, 6.45) is 6.83. The number of nitrogens with zero attached hydrogens (tertiary/aromatic N) is 3. The molecule has 1 aromatic heterocycles. The van der Waals surface area contributed by atoms with Crippen LogP contribution in [0.25, 0.3) is 11.3 Å². The first kappa shape index (κ1) is 15.9. The van der Waals surface area contributed by atoms with E-state index in [1.165, 1.54) is 0 Å². The van der Waals surface area contributed by atoms with Crippen LogP contribution >= 0.6 is 11.6 Å². The first-order chi connectivity index (χ1) is 12.2. The van der Waals surface area contributed by atoms with Gasteiger partial charge in [-0.05, 0) is 43.5 Å². The molecule has 1 amide bonds. The van der Waals surface area contributed by atoms with E-state index in [0.717, 1.165) is 24.8 Å². The summed E-state index contributed by atoms with van der Waals surface area (Å²) >= 11 is 6.17. The third-order valence-electron chi connectivity index (χ3n) is 5.15. The SMILES string of the molecule is N#CN1[C@H]2CC[C@@H]1[C@H](NC(=O)c1ccc(-c3ncccc3Cl)cc1)C2. The minimum absolute atomic E-state index is 0.0517. The smallest absolute Gasteiger partial charge is 0.251 e. The molecule has 0 spiro atoms. The molecule has 6 heteroatoms. The Labute approximate surface area is 151 Å². The quantitative estimate of drug-likeness (QED) is 0.861. The molecule has 0 aliphatic carbocycles. The highest BCUT2D eigenvalue weighted by molar-refractivity contribution is 6.33. The average molecular weight is 353 g/mol. The Bertz CT molecular complexity index is 845. The minimum atomic E-state index is -0.103. The number of pyridine rings is 1. The maximum absolute atomic E-state index is 12.5. The van der Waals surface area contributed by atoms with Crippen molar-refractivity contribution in [1.82, 2.24) is 15.2 Å². The Hall–Kier alpha value is -2.58. The van der Waals surface area contributed by atoms with Crippen molar-refractivity contribution in [1.29, 1.82) is 5.26 Å². The van der Waals surface area contributed by atoms with Gasteiger partial charge in [0, 0.05) is 23.4 Å². The Morgan fingerprint density at radius 2 is 2.08 bits per heavy atom. The fourth-order valence-corrected chi connectivity index (χ4v) is 4.16. The zero-order valence-electron chi connectivity index (χ0n) is 13.5. The molecular weight excluding hydrogens is 336 g/mol. The molecule has 0 saturated carbocycles. The van der Waals surface area contributed by atoms with Crippen molar-refractivity contribution in [2.75, 3.05) is 0 Å². The highest BCUT2D eigenvalue weighted by atomic mass is 35.5. The lowest BCUT2D eigenvalue weighted by Crippen LogP contribution is -2.43. The van der Waals surface area contributed by atoms with Gasteiger partial charge < -0.3 is 10.2 Å². The van der Waals surface area contributed by atoms with Crippen molar-refractivity contribution in [3.63, 3.8) is 0 Å². The lowest BCUT2D eigenvalue weighted by Gasteiger charge is -2.21. The Kier molecular flexibility index (Phi) is 4.06. The van der Waals surface area contributed by atoms with E-state index in [9.17, 15) is 10.1 Å². The van der Waals surface area contributed by atoms with Crippen molar-refractivity contribution in [3.05, 3.63) is 53.2 Å². The Balaban J connectivity index is 1.47. The molecule has 2 aliphatic rings. The van der Waals surface area contributed by atoms with E-state index in [1.807, 2.05) is 17.0 Å². The number of benzene rings is 1. The summed E-state index contributed by atoms with van der Waals surface area (Å²) in [7, 11) is 0. The molecule has 0 radical (unpaired) electrons. The summed E-state index contributed by atoms with van der Waals surface area (Å²) < 4.78 is 0. The van der Waals surface area contributed by atoms with Crippen LogP contribution in [0, 0.1) is 11.5 Å². The summed E-state index contributed by atoms with van der Waals surface area (Å²) in [6.45, 7) is 0. The summed E-state index contributed by atoms with van der Waals surface area (Å²) in [5.74, 6) is -0.103. The number of carbonyl (C=O) groups is 1. The van der Waals surface area contributed by atoms with Crippen molar-refractivity contribution in [2.45, 2.75) is 37.4 Å². The van der Waals surface area contributed by atoms with Crippen LogP contribution in [-0.2, 0) is 0 Å². The third kappa shape index (κ3) is 2.83. The standard InChI is InChI=1S/C19H17ClN4O/c20-15-2-1-9-22-18(15)12-3-5-13(6-4-12)19(25)23-16-10-14-7-8-17(16)24(14)11-21/h1-6,9,14,16-17H,7-8,10H2,(H,23,25)/t14-,16+,17+/m0/s1. The molecule has 2 bridgehead atoms. The Morgan fingerprint density at radius 3 is 2.76 bits per heavy atom. The largest absolute Gasteiger partial charge is 0.347 e. The van der Waals surface area contributed by atoms with Gasteiger partial charge in [0.1, 0.15) is 0 Å². The van der Waals surface area contributed by atoms with Crippen LogP contribution in [0.5, 0.6) is 0 Å². The minimum Gasteiger partial charge on any atom is -0.347 e. The van der Waals surface area contributed by atoms with Crippen LogP contribution in [-0.4, -0.2) is 33.9 Å². The van der Waals surface area contributed by atoms with Crippen molar-refractivity contribution < 1.29 is 4.79 Å². The fourth-order valence-electron chi connectivity index (χ4n) is 3.93.